The van der Waals surface area contributed by atoms with E-state index in [1.54, 1.807) is 0 Å². The lowest BCUT2D eigenvalue weighted by atomic mass is 9.87. The normalized spacial score (nSPS) is 11.9. The van der Waals surface area contributed by atoms with Gasteiger partial charge < -0.3 is 8.98 Å². The van der Waals surface area contributed by atoms with Gasteiger partial charge in [0.1, 0.15) is 11.2 Å². The molecule has 0 aliphatic carbocycles. The first-order valence-corrected chi connectivity index (χ1v) is 15.6. The highest BCUT2D eigenvalue weighted by Crippen LogP contribution is 2.48. The molecule has 3 nitrogen and oxygen atoms in total. The Labute approximate surface area is 264 Å². The standard InChI is InChI=1S/C43H26N2O/c1-3-17-31-29(15-1)40(35-25-24-33(36-20-11-12-26-44-36)43-41(35)34-19-7-10-23-39(34)46-43)30-16-2-4-18-32(30)42(31)45-37-21-8-5-13-27(37)28-14-6-9-22-38(28)45/h1-26H. The van der Waals surface area contributed by atoms with Crippen LogP contribution < -0.4 is 0 Å². The molecule has 3 aromatic heterocycles. The summed E-state index contributed by atoms with van der Waals surface area (Å²) in [7, 11) is 0. The van der Waals surface area contributed by atoms with Gasteiger partial charge in [0, 0.05) is 44.1 Å². The van der Waals surface area contributed by atoms with Crippen LogP contribution in [0.25, 0.3) is 93.4 Å². The van der Waals surface area contributed by atoms with Crippen molar-refractivity contribution in [2.75, 3.05) is 0 Å². The third-order valence-corrected chi connectivity index (χ3v) is 9.44. The molecule has 0 aliphatic heterocycles. The lowest BCUT2D eigenvalue weighted by Crippen LogP contribution is -1.99. The summed E-state index contributed by atoms with van der Waals surface area (Å²) in [6.45, 7) is 0. The Kier molecular flexibility index (Phi) is 5.28. The monoisotopic (exact) mass is 586 g/mol. The second-order valence-corrected chi connectivity index (χ2v) is 11.9. The van der Waals surface area contributed by atoms with Gasteiger partial charge in [0.25, 0.3) is 0 Å². The van der Waals surface area contributed by atoms with Gasteiger partial charge in [-0.1, -0.05) is 115 Å². The molecule has 10 aromatic rings. The van der Waals surface area contributed by atoms with Gasteiger partial charge in [0.2, 0.25) is 0 Å². The van der Waals surface area contributed by atoms with Gasteiger partial charge in [-0.15, -0.1) is 0 Å². The van der Waals surface area contributed by atoms with Crippen molar-refractivity contribution in [2.24, 2.45) is 0 Å². The molecule has 0 N–H and O–H groups in total. The summed E-state index contributed by atoms with van der Waals surface area (Å²) in [5, 5.41) is 9.54. The minimum absolute atomic E-state index is 0.858. The number of pyridine rings is 1. The first-order chi connectivity index (χ1) is 22.9. The van der Waals surface area contributed by atoms with Crippen LogP contribution >= 0.6 is 0 Å². The van der Waals surface area contributed by atoms with Gasteiger partial charge in [-0.05, 0) is 58.3 Å². The molecule has 10 rings (SSSR count). The van der Waals surface area contributed by atoms with E-state index in [1.807, 2.05) is 30.5 Å². The number of furan rings is 1. The molecule has 0 spiro atoms. The molecule has 0 atom stereocenters. The van der Waals surface area contributed by atoms with Crippen molar-refractivity contribution in [2.45, 2.75) is 0 Å². The molecule has 0 fully saturated rings. The van der Waals surface area contributed by atoms with Crippen LogP contribution in [0.15, 0.2) is 162 Å². The van der Waals surface area contributed by atoms with Crippen molar-refractivity contribution < 1.29 is 4.42 Å². The third-order valence-electron chi connectivity index (χ3n) is 9.44. The average molecular weight is 587 g/mol. The Hall–Kier alpha value is -6.19. The fraction of sp³-hybridized carbons (Fsp3) is 0. The second kappa shape index (κ2) is 9.65. The maximum absolute atomic E-state index is 6.66. The molecule has 7 aromatic carbocycles. The molecular weight excluding hydrogens is 560 g/mol. The fourth-order valence-electron chi connectivity index (χ4n) is 7.56. The van der Waals surface area contributed by atoms with Crippen LogP contribution in [-0.4, -0.2) is 9.55 Å². The van der Waals surface area contributed by atoms with Gasteiger partial charge in [0.15, 0.2) is 0 Å². The minimum Gasteiger partial charge on any atom is -0.455 e. The summed E-state index contributed by atoms with van der Waals surface area (Å²) < 4.78 is 9.12. The highest BCUT2D eigenvalue weighted by Gasteiger charge is 2.23. The Morgan fingerprint density at radius 1 is 0.435 bits per heavy atom. The van der Waals surface area contributed by atoms with Crippen LogP contribution in [0.4, 0.5) is 0 Å². The van der Waals surface area contributed by atoms with Crippen LogP contribution in [0.1, 0.15) is 0 Å². The molecule has 214 valence electrons. The zero-order valence-electron chi connectivity index (χ0n) is 24.8. The lowest BCUT2D eigenvalue weighted by molar-refractivity contribution is 0.670. The van der Waals surface area contributed by atoms with Crippen molar-refractivity contribution in [3.8, 4) is 28.1 Å². The Bertz CT molecular complexity index is 2690. The highest BCUT2D eigenvalue weighted by molar-refractivity contribution is 6.26. The van der Waals surface area contributed by atoms with E-state index in [4.69, 9.17) is 9.40 Å². The van der Waals surface area contributed by atoms with Crippen molar-refractivity contribution in [3.05, 3.63) is 158 Å². The van der Waals surface area contributed by atoms with Crippen molar-refractivity contribution in [3.63, 3.8) is 0 Å². The summed E-state index contributed by atoms with van der Waals surface area (Å²) >= 11 is 0. The topological polar surface area (TPSA) is 31.0 Å². The van der Waals surface area contributed by atoms with Gasteiger partial charge in [-0.2, -0.15) is 0 Å². The fourth-order valence-corrected chi connectivity index (χ4v) is 7.56. The summed E-state index contributed by atoms with van der Waals surface area (Å²) in [4.78, 5) is 4.70. The summed E-state index contributed by atoms with van der Waals surface area (Å²) in [5.41, 5.74) is 9.59. The van der Waals surface area contributed by atoms with Gasteiger partial charge in [-0.3, -0.25) is 4.98 Å². The zero-order valence-corrected chi connectivity index (χ0v) is 24.8. The highest BCUT2D eigenvalue weighted by atomic mass is 16.3. The first kappa shape index (κ1) is 25.2. The summed E-state index contributed by atoms with van der Waals surface area (Å²) in [6, 6.07) is 54.0. The minimum atomic E-state index is 0.858. The second-order valence-electron chi connectivity index (χ2n) is 11.9. The predicted molar refractivity (Wildman–Crippen MR) is 192 cm³/mol. The molecule has 0 radical (unpaired) electrons. The van der Waals surface area contributed by atoms with E-state index in [2.05, 4.69) is 132 Å². The zero-order chi connectivity index (χ0) is 30.2. The molecular formula is C43H26N2O. The van der Waals surface area contributed by atoms with Crippen molar-refractivity contribution in [1.82, 2.24) is 9.55 Å². The van der Waals surface area contributed by atoms with Crippen LogP contribution in [0, 0.1) is 0 Å². The van der Waals surface area contributed by atoms with Crippen molar-refractivity contribution in [1.29, 1.82) is 0 Å². The summed E-state index contributed by atoms with van der Waals surface area (Å²) in [6.07, 6.45) is 1.84. The third kappa shape index (κ3) is 3.45. The summed E-state index contributed by atoms with van der Waals surface area (Å²) in [5.74, 6) is 0. The van der Waals surface area contributed by atoms with E-state index in [-0.39, 0.29) is 0 Å². The van der Waals surface area contributed by atoms with E-state index in [0.29, 0.717) is 0 Å². The van der Waals surface area contributed by atoms with E-state index in [1.165, 1.54) is 54.6 Å². The lowest BCUT2D eigenvalue weighted by Gasteiger charge is -2.20. The number of benzene rings is 7. The SMILES string of the molecule is c1ccc(-c2ccc(-c3c4ccccc4c(-n4c5ccccc5c5ccccc54)c4ccccc34)c3c2oc2ccccc23)nc1. The number of hydrogen-bond acceptors (Lipinski definition) is 2. The number of para-hydroxylation sites is 3. The van der Waals surface area contributed by atoms with Crippen LogP contribution in [-0.2, 0) is 0 Å². The van der Waals surface area contributed by atoms with Gasteiger partial charge >= 0.3 is 0 Å². The molecule has 0 aliphatic rings. The average Bonchev–Trinajstić information content (AvgIpc) is 3.67. The van der Waals surface area contributed by atoms with Crippen LogP contribution in [0.5, 0.6) is 0 Å². The number of nitrogens with zero attached hydrogens (tertiary/aromatic N) is 2. The maximum Gasteiger partial charge on any atom is 0.145 e. The molecule has 0 bridgehead atoms. The van der Waals surface area contributed by atoms with Crippen molar-refractivity contribution >= 4 is 65.3 Å². The Morgan fingerprint density at radius 3 is 1.59 bits per heavy atom. The van der Waals surface area contributed by atoms with Crippen LogP contribution in [0.2, 0.25) is 0 Å². The largest absolute Gasteiger partial charge is 0.455 e. The first-order valence-electron chi connectivity index (χ1n) is 15.6. The molecule has 0 saturated carbocycles. The molecule has 0 unspecified atom stereocenters. The quantitative estimate of drug-likeness (QED) is 0.193. The molecule has 3 heteroatoms. The number of aromatic nitrogens is 2. The Morgan fingerprint density at radius 2 is 0.957 bits per heavy atom. The smallest absolute Gasteiger partial charge is 0.145 e. The molecule has 46 heavy (non-hydrogen) atoms. The van der Waals surface area contributed by atoms with Crippen LogP contribution in [0.3, 0.4) is 0 Å². The van der Waals surface area contributed by atoms with E-state index in [9.17, 15) is 0 Å². The van der Waals surface area contributed by atoms with Gasteiger partial charge in [0.05, 0.1) is 22.4 Å². The number of rotatable bonds is 3. The molecule has 0 amide bonds. The molecule has 0 saturated heterocycles. The number of fused-ring (bicyclic) bond motifs is 8. The van der Waals surface area contributed by atoms with E-state index in [0.717, 1.165) is 38.8 Å². The van der Waals surface area contributed by atoms with E-state index >= 15 is 0 Å². The van der Waals surface area contributed by atoms with E-state index < -0.39 is 0 Å². The maximum atomic E-state index is 6.66. The van der Waals surface area contributed by atoms with Gasteiger partial charge in [-0.25, -0.2) is 0 Å². The molecule has 3 heterocycles. The number of hydrogen-bond donors (Lipinski definition) is 0. The Balaban J connectivity index is 1.39. The predicted octanol–water partition coefficient (Wildman–Crippen LogP) is 11.7.